The van der Waals surface area contributed by atoms with Crippen LogP contribution in [0.1, 0.15) is 43.8 Å². The lowest BCUT2D eigenvalue weighted by Crippen LogP contribution is -2.40. The third-order valence-electron chi connectivity index (χ3n) is 6.40. The molecule has 1 N–H and O–H groups in total. The molecule has 184 valence electrons. The number of nitrogens with zero attached hydrogens (tertiary/aromatic N) is 1. The monoisotopic (exact) mass is 504 g/mol. The maximum absolute atomic E-state index is 13.1. The standard InChI is InChI=1S/C27H24N2O6S/c30-24(13-10-18-8-11-19(12-9-18)36(33,34)29-14-16-35-17-15-29)28-23-7-3-6-22-25(23)27(32)21-5-2-1-4-20(21)26(22)31/h1-9,11-12H,10,13-17H2,(H,28,30). The summed E-state index contributed by atoms with van der Waals surface area (Å²) in [6.07, 6.45) is 0.506. The summed E-state index contributed by atoms with van der Waals surface area (Å²) < 4.78 is 32.2. The maximum atomic E-state index is 13.1. The van der Waals surface area contributed by atoms with Crippen LogP contribution in [0.4, 0.5) is 5.69 Å². The minimum atomic E-state index is -3.58. The van der Waals surface area contributed by atoms with Gasteiger partial charge < -0.3 is 10.1 Å². The van der Waals surface area contributed by atoms with Crippen LogP contribution in [0.15, 0.2) is 71.6 Å². The molecule has 3 aromatic rings. The number of fused-ring (bicyclic) bond motifs is 2. The molecule has 36 heavy (non-hydrogen) atoms. The van der Waals surface area contributed by atoms with Crippen molar-refractivity contribution in [3.63, 3.8) is 0 Å². The Bertz CT molecular complexity index is 1460. The molecular formula is C27H24N2O6S. The average molecular weight is 505 g/mol. The highest BCUT2D eigenvalue weighted by molar-refractivity contribution is 7.89. The SMILES string of the molecule is O=C(CCc1ccc(S(=O)(=O)N2CCOCC2)cc1)Nc1cccc2c1C(=O)c1ccccc1C2=O. The number of carbonyl (C=O) groups is 3. The van der Waals surface area contributed by atoms with Gasteiger partial charge in [-0.1, -0.05) is 48.5 Å². The molecule has 5 rings (SSSR count). The van der Waals surface area contributed by atoms with Gasteiger partial charge in [-0.25, -0.2) is 8.42 Å². The Labute approximate surface area is 208 Å². The number of ether oxygens (including phenoxy) is 1. The average Bonchev–Trinajstić information content (AvgIpc) is 2.91. The highest BCUT2D eigenvalue weighted by Gasteiger charge is 2.31. The smallest absolute Gasteiger partial charge is 0.243 e. The number of carbonyl (C=O) groups excluding carboxylic acids is 3. The topological polar surface area (TPSA) is 110 Å². The number of sulfonamides is 1. The third-order valence-corrected chi connectivity index (χ3v) is 8.31. The van der Waals surface area contributed by atoms with Gasteiger partial charge in [-0.2, -0.15) is 4.31 Å². The van der Waals surface area contributed by atoms with Gasteiger partial charge in [-0.15, -0.1) is 0 Å². The predicted octanol–water partition coefficient (Wildman–Crippen LogP) is 3.05. The second-order valence-electron chi connectivity index (χ2n) is 8.64. The fourth-order valence-corrected chi connectivity index (χ4v) is 5.89. The lowest BCUT2D eigenvalue weighted by Gasteiger charge is -2.26. The van der Waals surface area contributed by atoms with Crippen molar-refractivity contribution in [2.24, 2.45) is 0 Å². The summed E-state index contributed by atoms with van der Waals surface area (Å²) in [5, 5.41) is 2.77. The van der Waals surface area contributed by atoms with Gasteiger partial charge in [0.05, 0.1) is 29.4 Å². The van der Waals surface area contributed by atoms with E-state index in [1.807, 2.05) is 0 Å². The zero-order valence-electron chi connectivity index (χ0n) is 19.4. The second-order valence-corrected chi connectivity index (χ2v) is 10.6. The van der Waals surface area contributed by atoms with Crippen molar-refractivity contribution in [3.05, 3.63) is 94.5 Å². The van der Waals surface area contributed by atoms with E-state index in [0.717, 1.165) is 5.56 Å². The molecule has 1 aliphatic carbocycles. The van der Waals surface area contributed by atoms with E-state index in [0.29, 0.717) is 49.5 Å². The van der Waals surface area contributed by atoms with Gasteiger partial charge in [0.2, 0.25) is 15.9 Å². The van der Waals surface area contributed by atoms with E-state index in [4.69, 9.17) is 4.74 Å². The molecule has 9 heteroatoms. The summed E-state index contributed by atoms with van der Waals surface area (Å²) in [7, 11) is -3.58. The zero-order chi connectivity index (χ0) is 25.3. The Morgan fingerprint density at radius 3 is 2.17 bits per heavy atom. The molecule has 1 aliphatic heterocycles. The Kier molecular flexibility index (Phi) is 6.53. The lowest BCUT2D eigenvalue weighted by atomic mass is 9.83. The quantitative estimate of drug-likeness (QED) is 0.432. The van der Waals surface area contributed by atoms with Crippen LogP contribution >= 0.6 is 0 Å². The van der Waals surface area contributed by atoms with E-state index in [-0.39, 0.29) is 39.9 Å². The molecule has 0 spiro atoms. The number of aryl methyl sites for hydroxylation is 1. The molecule has 0 bridgehead atoms. The fourth-order valence-electron chi connectivity index (χ4n) is 4.48. The van der Waals surface area contributed by atoms with Crippen molar-refractivity contribution in [2.75, 3.05) is 31.6 Å². The van der Waals surface area contributed by atoms with Crippen LogP contribution in [-0.4, -0.2) is 56.5 Å². The van der Waals surface area contributed by atoms with Gasteiger partial charge in [0, 0.05) is 36.2 Å². The zero-order valence-corrected chi connectivity index (χ0v) is 20.2. The molecule has 2 aliphatic rings. The van der Waals surface area contributed by atoms with Crippen LogP contribution in [0.25, 0.3) is 0 Å². The second kappa shape index (κ2) is 9.77. The third kappa shape index (κ3) is 4.48. The van der Waals surface area contributed by atoms with Crippen LogP contribution in [0.5, 0.6) is 0 Å². The number of ketones is 2. The van der Waals surface area contributed by atoms with Gasteiger partial charge in [0.1, 0.15) is 0 Å². The maximum Gasteiger partial charge on any atom is 0.243 e. The van der Waals surface area contributed by atoms with Crippen molar-refractivity contribution >= 4 is 33.2 Å². The van der Waals surface area contributed by atoms with E-state index >= 15 is 0 Å². The van der Waals surface area contributed by atoms with E-state index in [1.54, 1.807) is 66.7 Å². The van der Waals surface area contributed by atoms with Crippen molar-refractivity contribution in [2.45, 2.75) is 17.7 Å². The molecule has 1 amide bonds. The van der Waals surface area contributed by atoms with Crippen LogP contribution in [0, 0.1) is 0 Å². The fraction of sp³-hybridized carbons (Fsp3) is 0.222. The molecule has 0 unspecified atom stereocenters. The first-order valence-corrected chi connectivity index (χ1v) is 13.1. The summed E-state index contributed by atoms with van der Waals surface area (Å²) in [6, 6.07) is 18.0. The number of morpholine rings is 1. The Morgan fingerprint density at radius 2 is 1.47 bits per heavy atom. The predicted molar refractivity (Wildman–Crippen MR) is 133 cm³/mol. The first-order chi connectivity index (χ1) is 17.4. The number of rotatable bonds is 6. The van der Waals surface area contributed by atoms with Gasteiger partial charge in [0.15, 0.2) is 11.6 Å². The molecule has 1 heterocycles. The van der Waals surface area contributed by atoms with E-state index in [1.165, 1.54) is 4.31 Å². The number of anilines is 1. The number of amides is 1. The molecule has 0 saturated carbocycles. The molecule has 0 aromatic heterocycles. The minimum Gasteiger partial charge on any atom is -0.379 e. The Morgan fingerprint density at radius 1 is 0.833 bits per heavy atom. The van der Waals surface area contributed by atoms with Crippen LogP contribution in [0.3, 0.4) is 0 Å². The van der Waals surface area contributed by atoms with Crippen molar-refractivity contribution in [1.82, 2.24) is 4.31 Å². The first-order valence-electron chi connectivity index (χ1n) is 11.6. The molecule has 3 aromatic carbocycles. The van der Waals surface area contributed by atoms with Crippen LogP contribution < -0.4 is 5.32 Å². The lowest BCUT2D eigenvalue weighted by molar-refractivity contribution is -0.116. The largest absolute Gasteiger partial charge is 0.379 e. The summed E-state index contributed by atoms with van der Waals surface area (Å²) >= 11 is 0. The van der Waals surface area contributed by atoms with Gasteiger partial charge in [-0.3, -0.25) is 14.4 Å². The summed E-state index contributed by atoms with van der Waals surface area (Å²) in [6.45, 7) is 1.41. The molecule has 1 fully saturated rings. The normalized spacial score (nSPS) is 15.8. The Balaban J connectivity index is 1.26. The number of benzene rings is 3. The number of hydrogen-bond acceptors (Lipinski definition) is 6. The number of nitrogens with one attached hydrogen (secondary N) is 1. The molecule has 8 nitrogen and oxygen atoms in total. The first kappa shape index (κ1) is 24.1. The van der Waals surface area contributed by atoms with Gasteiger partial charge in [0.25, 0.3) is 0 Å². The summed E-state index contributed by atoms with van der Waals surface area (Å²) in [4.78, 5) is 38.9. The van der Waals surface area contributed by atoms with Crippen LogP contribution in [0.2, 0.25) is 0 Å². The summed E-state index contributed by atoms with van der Waals surface area (Å²) in [5.74, 6) is -0.857. The van der Waals surface area contributed by atoms with Gasteiger partial charge >= 0.3 is 0 Å². The summed E-state index contributed by atoms with van der Waals surface area (Å²) in [5.41, 5.74) is 2.26. The van der Waals surface area contributed by atoms with Crippen molar-refractivity contribution in [3.8, 4) is 0 Å². The van der Waals surface area contributed by atoms with E-state index < -0.39 is 10.0 Å². The van der Waals surface area contributed by atoms with E-state index in [2.05, 4.69) is 5.32 Å². The molecular weight excluding hydrogens is 480 g/mol. The highest BCUT2D eigenvalue weighted by Crippen LogP contribution is 2.32. The van der Waals surface area contributed by atoms with Crippen molar-refractivity contribution in [1.29, 1.82) is 0 Å². The van der Waals surface area contributed by atoms with Gasteiger partial charge in [-0.05, 0) is 30.2 Å². The highest BCUT2D eigenvalue weighted by atomic mass is 32.2. The number of hydrogen-bond donors (Lipinski definition) is 1. The minimum absolute atomic E-state index is 0.123. The molecule has 0 atom stereocenters. The van der Waals surface area contributed by atoms with E-state index in [9.17, 15) is 22.8 Å². The molecule has 0 radical (unpaired) electrons. The Hall–Kier alpha value is -3.66. The van der Waals surface area contributed by atoms with Crippen molar-refractivity contribution < 1.29 is 27.5 Å². The van der Waals surface area contributed by atoms with Crippen LogP contribution in [-0.2, 0) is 26.0 Å². The molecule has 1 saturated heterocycles.